The van der Waals surface area contributed by atoms with Gasteiger partial charge in [-0.05, 0) is 36.3 Å². The fourth-order valence-electron chi connectivity index (χ4n) is 3.50. The number of aromatic amines is 1. The van der Waals surface area contributed by atoms with Crippen LogP contribution in [0, 0.1) is 11.3 Å². The minimum atomic E-state index is -0.760. The number of esters is 1. The molecular weight excluding hydrogens is 414 g/mol. The Balaban J connectivity index is 2.07. The van der Waals surface area contributed by atoms with Crippen LogP contribution in [0.5, 0.6) is 0 Å². The third kappa shape index (κ3) is 3.53. The van der Waals surface area contributed by atoms with Gasteiger partial charge in [-0.2, -0.15) is 5.26 Å². The number of aromatic nitrogens is 3. The minimum absolute atomic E-state index is 0.0310. The molecule has 8 nitrogen and oxygen atoms in total. The van der Waals surface area contributed by atoms with E-state index < -0.39 is 17.4 Å². The normalized spacial score (nSPS) is 16.1. The number of rotatable bonds is 4. The lowest BCUT2D eigenvalue weighted by Crippen LogP contribution is -2.40. The predicted octanol–water partition coefficient (Wildman–Crippen LogP) is 0.110. The van der Waals surface area contributed by atoms with E-state index in [1.54, 1.807) is 49.9 Å². The highest BCUT2D eigenvalue weighted by Gasteiger charge is 2.36. The zero-order chi connectivity index (χ0) is 22.0. The minimum Gasteiger partial charge on any atom is -0.463 e. The molecule has 0 saturated heterocycles. The Morgan fingerprint density at radius 2 is 2.06 bits per heavy atom. The smallest absolute Gasteiger partial charge is 0.338 e. The molecule has 1 aliphatic heterocycles. The average Bonchev–Trinajstić information content (AvgIpc) is 3.11. The van der Waals surface area contributed by atoms with Crippen LogP contribution >= 0.6 is 11.3 Å². The van der Waals surface area contributed by atoms with Gasteiger partial charge in [0.1, 0.15) is 10.5 Å². The fraction of sp³-hybridized carbons (Fsp3) is 0.136. The fourth-order valence-corrected chi connectivity index (χ4v) is 4.63. The van der Waals surface area contributed by atoms with Gasteiger partial charge in [0.2, 0.25) is 0 Å². The molecule has 1 unspecified atom stereocenters. The monoisotopic (exact) mass is 432 g/mol. The number of fused-ring (bicyclic) bond motifs is 1. The molecule has 0 radical (unpaired) electrons. The highest BCUT2D eigenvalue weighted by atomic mass is 32.1. The third-order valence-electron chi connectivity index (χ3n) is 4.85. The van der Waals surface area contributed by atoms with E-state index in [0.717, 1.165) is 16.9 Å². The van der Waals surface area contributed by atoms with Crippen molar-refractivity contribution in [1.29, 1.82) is 5.26 Å². The van der Waals surface area contributed by atoms with E-state index in [0.29, 0.717) is 14.8 Å². The molecule has 3 aromatic rings. The summed E-state index contributed by atoms with van der Waals surface area (Å²) >= 11 is 1.16. The molecule has 1 atom stereocenters. The van der Waals surface area contributed by atoms with E-state index in [2.05, 4.69) is 16.0 Å². The summed E-state index contributed by atoms with van der Waals surface area (Å²) < 4.78 is 7.24. The number of nitrogens with two attached hydrogens (primary N) is 1. The van der Waals surface area contributed by atoms with Gasteiger partial charge in [0.05, 0.1) is 34.3 Å². The first kappa shape index (κ1) is 20.3. The van der Waals surface area contributed by atoms with Crippen molar-refractivity contribution < 1.29 is 14.5 Å². The summed E-state index contributed by atoms with van der Waals surface area (Å²) in [5.74, 6) is -1.46. The third-order valence-corrected chi connectivity index (χ3v) is 5.95. The van der Waals surface area contributed by atoms with Crippen LogP contribution < -0.4 is 25.5 Å². The Kier molecular flexibility index (Phi) is 5.47. The summed E-state index contributed by atoms with van der Waals surface area (Å²) in [7, 11) is 0. The van der Waals surface area contributed by atoms with Crippen LogP contribution in [0.15, 0.2) is 59.4 Å². The summed E-state index contributed by atoms with van der Waals surface area (Å²) in [6.07, 6.45) is 8.36. The second-order valence-electron chi connectivity index (χ2n) is 6.65. The van der Waals surface area contributed by atoms with Gasteiger partial charge in [-0.3, -0.25) is 14.3 Å². The van der Waals surface area contributed by atoms with Crippen LogP contribution in [0.25, 0.3) is 17.5 Å². The number of hydrogen-bond donors (Lipinski definition) is 1. The number of thiazole rings is 1. The molecule has 0 spiro atoms. The Hall–Kier alpha value is -4.03. The topological polar surface area (TPSA) is 125 Å². The number of hydrogen-bond acceptors (Lipinski definition) is 7. The van der Waals surface area contributed by atoms with Gasteiger partial charge >= 0.3 is 5.97 Å². The lowest BCUT2D eigenvalue weighted by Gasteiger charge is -2.24. The lowest BCUT2D eigenvalue weighted by atomic mass is 9.84. The highest BCUT2D eigenvalue weighted by molar-refractivity contribution is 7.07. The lowest BCUT2D eigenvalue weighted by molar-refractivity contribution is -0.378. The van der Waals surface area contributed by atoms with E-state index in [4.69, 9.17) is 10.5 Å². The first-order valence-electron chi connectivity index (χ1n) is 9.47. The van der Waals surface area contributed by atoms with Crippen molar-refractivity contribution in [2.75, 3.05) is 6.61 Å². The van der Waals surface area contributed by atoms with Crippen LogP contribution in [0.1, 0.15) is 24.0 Å². The Morgan fingerprint density at radius 1 is 1.35 bits per heavy atom. The van der Waals surface area contributed by atoms with Crippen molar-refractivity contribution in [2.24, 2.45) is 5.73 Å². The van der Waals surface area contributed by atoms with Crippen molar-refractivity contribution in [3.63, 3.8) is 0 Å². The molecule has 0 fully saturated rings. The summed E-state index contributed by atoms with van der Waals surface area (Å²) in [5.41, 5.74) is 7.77. The number of H-pyrrole nitrogens is 1. The first-order chi connectivity index (χ1) is 15.1. The van der Waals surface area contributed by atoms with Crippen LogP contribution in [-0.2, 0) is 9.53 Å². The molecule has 0 aromatic carbocycles. The van der Waals surface area contributed by atoms with Gasteiger partial charge in [-0.1, -0.05) is 0 Å². The molecule has 3 aromatic heterocycles. The molecule has 0 aliphatic carbocycles. The number of ether oxygens (including phenoxy) is 1. The van der Waals surface area contributed by atoms with E-state index in [-0.39, 0.29) is 23.6 Å². The Morgan fingerprint density at radius 3 is 2.71 bits per heavy atom. The van der Waals surface area contributed by atoms with Gasteiger partial charge in [0, 0.05) is 24.5 Å². The van der Waals surface area contributed by atoms with Crippen molar-refractivity contribution in [3.05, 3.63) is 85.3 Å². The van der Waals surface area contributed by atoms with Gasteiger partial charge < -0.3 is 10.5 Å². The largest absolute Gasteiger partial charge is 0.463 e. The van der Waals surface area contributed by atoms with Crippen molar-refractivity contribution in [1.82, 2.24) is 9.55 Å². The van der Waals surface area contributed by atoms with Gasteiger partial charge in [-0.15, -0.1) is 11.3 Å². The highest BCUT2D eigenvalue weighted by Crippen LogP contribution is 2.36. The quantitative estimate of drug-likeness (QED) is 0.584. The SMILES string of the molecule is CCOC(=O)C1=C(N)n2c(sc(=Cc3cc[nH+]cc3)c2=O)=C(C#N)C1c1ccncc1. The number of carbonyl (C=O) groups excluding carboxylic acids is 1. The summed E-state index contributed by atoms with van der Waals surface area (Å²) in [6.45, 7) is 1.82. The van der Waals surface area contributed by atoms with E-state index in [1.165, 1.54) is 4.57 Å². The summed E-state index contributed by atoms with van der Waals surface area (Å²) in [4.78, 5) is 33.0. The maximum atomic E-state index is 13.2. The molecule has 9 heteroatoms. The predicted molar refractivity (Wildman–Crippen MR) is 114 cm³/mol. The van der Waals surface area contributed by atoms with E-state index >= 15 is 0 Å². The molecule has 4 rings (SSSR count). The maximum absolute atomic E-state index is 13.2. The van der Waals surface area contributed by atoms with Gasteiger partial charge in [-0.25, -0.2) is 9.78 Å². The van der Waals surface area contributed by atoms with Crippen LogP contribution in [-0.4, -0.2) is 22.1 Å². The number of nitrogens with zero attached hydrogens (tertiary/aromatic N) is 3. The van der Waals surface area contributed by atoms with Crippen molar-refractivity contribution in [2.45, 2.75) is 12.8 Å². The second kappa shape index (κ2) is 8.38. The number of pyridine rings is 2. The molecule has 0 bridgehead atoms. The van der Waals surface area contributed by atoms with Gasteiger partial charge in [0.15, 0.2) is 12.4 Å². The number of carbonyl (C=O) groups is 1. The number of nitriles is 1. The average molecular weight is 432 g/mol. The summed E-state index contributed by atoms with van der Waals surface area (Å²) in [5, 5.41) is 10.0. The molecule has 3 N–H and O–H groups in total. The number of nitrogens with one attached hydrogen (secondary N) is 1. The Bertz CT molecular complexity index is 1400. The van der Waals surface area contributed by atoms with E-state index in [9.17, 15) is 14.9 Å². The molecule has 1 aliphatic rings. The molecular formula is C22H18N5O3S+. The molecule has 0 amide bonds. The van der Waals surface area contributed by atoms with Crippen LogP contribution in [0.2, 0.25) is 0 Å². The van der Waals surface area contributed by atoms with Crippen molar-refractivity contribution >= 4 is 34.8 Å². The first-order valence-corrected chi connectivity index (χ1v) is 10.3. The molecule has 0 saturated carbocycles. The molecule has 31 heavy (non-hydrogen) atoms. The zero-order valence-electron chi connectivity index (χ0n) is 16.5. The van der Waals surface area contributed by atoms with E-state index in [1.807, 2.05) is 12.1 Å². The maximum Gasteiger partial charge on any atom is 0.338 e. The zero-order valence-corrected chi connectivity index (χ0v) is 17.3. The van der Waals surface area contributed by atoms with Gasteiger partial charge in [0.25, 0.3) is 5.56 Å². The Labute approximate surface area is 180 Å². The summed E-state index contributed by atoms with van der Waals surface area (Å²) in [6, 6.07) is 9.25. The standard InChI is InChI=1S/C22H17N5O3S/c1-2-30-22(29)18-17(14-5-9-26-10-6-14)15(12-23)21-27(19(18)24)20(28)16(31-21)11-13-3-7-25-8-4-13/h3-11,17H,2,24H2,1H3/p+1. The molecule has 4 heterocycles. The second-order valence-corrected chi connectivity index (χ2v) is 7.68. The van der Waals surface area contributed by atoms with Crippen LogP contribution in [0.3, 0.4) is 0 Å². The molecule has 154 valence electrons. The van der Waals surface area contributed by atoms with Crippen LogP contribution in [0.4, 0.5) is 0 Å². The van der Waals surface area contributed by atoms with Crippen molar-refractivity contribution in [3.8, 4) is 6.07 Å².